The molecule has 20 heavy (non-hydrogen) atoms. The number of pyridine rings is 1. The maximum Gasteiger partial charge on any atom is 0.0717 e. The highest BCUT2D eigenvalue weighted by Crippen LogP contribution is 2.30. The van der Waals surface area contributed by atoms with Crippen LogP contribution in [0.2, 0.25) is 0 Å². The molecule has 0 aliphatic carbocycles. The highest BCUT2D eigenvalue weighted by atomic mass is 14.7. The molecule has 0 fully saturated rings. The largest absolute Gasteiger partial charge is 0.248 e. The molecular formula is C19H19N. The third kappa shape index (κ3) is 2.09. The zero-order valence-corrected chi connectivity index (χ0v) is 12.5. The van der Waals surface area contributed by atoms with E-state index >= 15 is 0 Å². The Hall–Kier alpha value is -2.15. The number of fused-ring (bicyclic) bond motifs is 1. The second kappa shape index (κ2) is 4.75. The number of aryl methyl sites for hydroxylation is 4. The van der Waals surface area contributed by atoms with Crippen molar-refractivity contribution in [2.24, 2.45) is 0 Å². The van der Waals surface area contributed by atoms with Crippen LogP contribution in [0, 0.1) is 27.7 Å². The molecule has 0 radical (unpaired) electrons. The van der Waals surface area contributed by atoms with Gasteiger partial charge in [0.25, 0.3) is 0 Å². The number of hydrogen-bond donors (Lipinski definition) is 0. The summed E-state index contributed by atoms with van der Waals surface area (Å²) in [7, 11) is 0. The van der Waals surface area contributed by atoms with Crippen molar-refractivity contribution >= 4 is 10.9 Å². The minimum Gasteiger partial charge on any atom is -0.248 e. The Bertz CT molecular complexity index is 777. The standard InChI is InChI=1S/C19H19N/c1-12-9-14(3)19(15(4)10-12)18-11-13(2)16-7-5-6-8-17(16)20-18/h5-11H,1-4H3. The summed E-state index contributed by atoms with van der Waals surface area (Å²) in [5, 5.41) is 1.23. The third-order valence-corrected chi connectivity index (χ3v) is 3.86. The molecule has 0 N–H and O–H groups in total. The smallest absolute Gasteiger partial charge is 0.0717 e. The lowest BCUT2D eigenvalue weighted by Gasteiger charge is -2.13. The Morgan fingerprint density at radius 3 is 2.10 bits per heavy atom. The van der Waals surface area contributed by atoms with Crippen LogP contribution < -0.4 is 0 Å². The van der Waals surface area contributed by atoms with Gasteiger partial charge in [0, 0.05) is 10.9 Å². The van der Waals surface area contributed by atoms with Crippen LogP contribution in [0.25, 0.3) is 22.2 Å². The Balaban J connectivity index is 2.30. The van der Waals surface area contributed by atoms with Gasteiger partial charge < -0.3 is 0 Å². The number of aromatic nitrogens is 1. The van der Waals surface area contributed by atoms with Crippen molar-refractivity contribution in [1.29, 1.82) is 0 Å². The Morgan fingerprint density at radius 1 is 0.750 bits per heavy atom. The average molecular weight is 261 g/mol. The van der Waals surface area contributed by atoms with Crippen molar-refractivity contribution in [3.8, 4) is 11.3 Å². The molecule has 1 nitrogen and oxygen atoms in total. The fraction of sp³-hybridized carbons (Fsp3) is 0.211. The normalized spacial score (nSPS) is 11.0. The van der Waals surface area contributed by atoms with E-state index in [1.54, 1.807) is 0 Å². The fourth-order valence-electron chi connectivity index (χ4n) is 3.06. The van der Waals surface area contributed by atoms with Crippen LogP contribution in [-0.4, -0.2) is 4.98 Å². The van der Waals surface area contributed by atoms with Crippen LogP contribution >= 0.6 is 0 Å². The molecule has 0 unspecified atom stereocenters. The molecule has 0 aliphatic heterocycles. The first-order chi connectivity index (χ1) is 9.56. The molecule has 1 aromatic heterocycles. The zero-order chi connectivity index (χ0) is 14.3. The van der Waals surface area contributed by atoms with Crippen LogP contribution in [0.5, 0.6) is 0 Å². The summed E-state index contributed by atoms with van der Waals surface area (Å²) >= 11 is 0. The maximum atomic E-state index is 4.86. The van der Waals surface area contributed by atoms with Gasteiger partial charge >= 0.3 is 0 Å². The topological polar surface area (TPSA) is 12.9 Å². The molecule has 0 bridgehead atoms. The molecule has 0 saturated heterocycles. The van der Waals surface area contributed by atoms with Crippen molar-refractivity contribution in [2.75, 3.05) is 0 Å². The lowest BCUT2D eigenvalue weighted by Crippen LogP contribution is -1.94. The second-order valence-electron chi connectivity index (χ2n) is 5.62. The van der Waals surface area contributed by atoms with Gasteiger partial charge in [0.05, 0.1) is 11.2 Å². The van der Waals surface area contributed by atoms with E-state index in [2.05, 4.69) is 64.1 Å². The van der Waals surface area contributed by atoms with Gasteiger partial charge in [-0.05, 0) is 56.5 Å². The van der Waals surface area contributed by atoms with Gasteiger partial charge in [-0.2, -0.15) is 0 Å². The summed E-state index contributed by atoms with van der Waals surface area (Å²) in [5.41, 5.74) is 8.60. The minimum absolute atomic E-state index is 1.07. The van der Waals surface area contributed by atoms with Crippen LogP contribution in [0.1, 0.15) is 22.3 Å². The molecule has 1 heterocycles. The Morgan fingerprint density at radius 2 is 1.40 bits per heavy atom. The van der Waals surface area contributed by atoms with Gasteiger partial charge in [-0.25, -0.2) is 4.98 Å². The van der Waals surface area contributed by atoms with Gasteiger partial charge in [-0.1, -0.05) is 35.9 Å². The van der Waals surface area contributed by atoms with E-state index in [4.69, 9.17) is 4.98 Å². The average Bonchev–Trinajstić information content (AvgIpc) is 2.37. The van der Waals surface area contributed by atoms with E-state index in [0.717, 1.165) is 11.2 Å². The summed E-state index contributed by atoms with van der Waals surface area (Å²) in [6.07, 6.45) is 0. The quantitative estimate of drug-likeness (QED) is 0.591. The van der Waals surface area contributed by atoms with Crippen molar-refractivity contribution in [1.82, 2.24) is 4.98 Å². The summed E-state index contributed by atoms with van der Waals surface area (Å²) < 4.78 is 0. The highest BCUT2D eigenvalue weighted by molar-refractivity contribution is 5.85. The van der Waals surface area contributed by atoms with Gasteiger partial charge in [-0.15, -0.1) is 0 Å². The predicted molar refractivity (Wildman–Crippen MR) is 86.1 cm³/mol. The van der Waals surface area contributed by atoms with Gasteiger partial charge in [0.15, 0.2) is 0 Å². The van der Waals surface area contributed by atoms with Crippen LogP contribution in [0.3, 0.4) is 0 Å². The first-order valence-electron chi connectivity index (χ1n) is 7.01. The molecule has 0 spiro atoms. The SMILES string of the molecule is Cc1cc(C)c(-c2cc(C)c3ccccc3n2)c(C)c1. The summed E-state index contributed by atoms with van der Waals surface area (Å²) in [5.74, 6) is 0. The highest BCUT2D eigenvalue weighted by Gasteiger charge is 2.10. The summed E-state index contributed by atoms with van der Waals surface area (Å²) in [6.45, 7) is 8.64. The number of hydrogen-bond acceptors (Lipinski definition) is 1. The lowest BCUT2D eigenvalue weighted by molar-refractivity contribution is 1.28. The number of rotatable bonds is 1. The molecular weight excluding hydrogens is 242 g/mol. The van der Waals surface area contributed by atoms with Crippen molar-refractivity contribution < 1.29 is 0 Å². The molecule has 0 aliphatic rings. The van der Waals surface area contributed by atoms with E-state index in [1.165, 1.54) is 33.2 Å². The van der Waals surface area contributed by atoms with E-state index in [-0.39, 0.29) is 0 Å². The van der Waals surface area contributed by atoms with Crippen molar-refractivity contribution in [2.45, 2.75) is 27.7 Å². The van der Waals surface area contributed by atoms with E-state index in [1.807, 2.05) is 6.07 Å². The monoisotopic (exact) mass is 261 g/mol. The van der Waals surface area contributed by atoms with Gasteiger partial charge in [-0.3, -0.25) is 0 Å². The van der Waals surface area contributed by atoms with Crippen molar-refractivity contribution in [3.63, 3.8) is 0 Å². The molecule has 1 heteroatoms. The zero-order valence-electron chi connectivity index (χ0n) is 12.5. The first kappa shape index (κ1) is 12.9. The molecule has 0 saturated carbocycles. The van der Waals surface area contributed by atoms with Gasteiger partial charge in [0.1, 0.15) is 0 Å². The number of nitrogens with zero attached hydrogens (tertiary/aromatic N) is 1. The van der Waals surface area contributed by atoms with E-state index < -0.39 is 0 Å². The maximum absolute atomic E-state index is 4.86. The van der Waals surface area contributed by atoms with Crippen LogP contribution in [0.4, 0.5) is 0 Å². The molecule has 2 aromatic carbocycles. The van der Waals surface area contributed by atoms with Crippen LogP contribution in [-0.2, 0) is 0 Å². The number of para-hydroxylation sites is 1. The third-order valence-electron chi connectivity index (χ3n) is 3.86. The van der Waals surface area contributed by atoms with E-state index in [9.17, 15) is 0 Å². The molecule has 3 rings (SSSR count). The summed E-state index contributed by atoms with van der Waals surface area (Å²) in [6, 6.07) is 15.0. The fourth-order valence-corrected chi connectivity index (χ4v) is 3.06. The van der Waals surface area contributed by atoms with E-state index in [0.29, 0.717) is 0 Å². The molecule has 3 aromatic rings. The lowest BCUT2D eigenvalue weighted by atomic mass is 9.95. The molecule has 0 atom stereocenters. The molecule has 0 amide bonds. The van der Waals surface area contributed by atoms with Gasteiger partial charge in [0.2, 0.25) is 0 Å². The van der Waals surface area contributed by atoms with Crippen LogP contribution in [0.15, 0.2) is 42.5 Å². The predicted octanol–water partition coefficient (Wildman–Crippen LogP) is 5.14. The minimum atomic E-state index is 1.07. The second-order valence-corrected chi connectivity index (χ2v) is 5.62. The molecule has 100 valence electrons. The summed E-state index contributed by atoms with van der Waals surface area (Å²) in [4.78, 5) is 4.86. The Labute approximate surface area is 120 Å². The number of benzene rings is 2. The first-order valence-corrected chi connectivity index (χ1v) is 7.01. The van der Waals surface area contributed by atoms with Crippen molar-refractivity contribution in [3.05, 3.63) is 64.7 Å². The Kier molecular flexibility index (Phi) is 3.06.